The third-order valence-corrected chi connectivity index (χ3v) is 3.31. The first-order valence-corrected chi connectivity index (χ1v) is 4.89. The van der Waals surface area contributed by atoms with Crippen LogP contribution in [0.5, 0.6) is 0 Å². The number of carbonyl (C=O) groups is 2. The summed E-state index contributed by atoms with van der Waals surface area (Å²) in [6.07, 6.45) is 2.25. The fourth-order valence-electron chi connectivity index (χ4n) is 1.43. The number of aldehydes is 1. The highest BCUT2D eigenvalue weighted by atomic mass is 32.1. The molecule has 0 saturated heterocycles. The quantitative estimate of drug-likeness (QED) is 0.557. The zero-order chi connectivity index (χ0) is 10.3. The first kappa shape index (κ1) is 9.08. The summed E-state index contributed by atoms with van der Waals surface area (Å²) in [6, 6.07) is 0. The molecule has 4 nitrogen and oxygen atoms in total. The number of fused-ring (bicyclic) bond motifs is 1. The first-order chi connectivity index (χ1) is 6.65. The van der Waals surface area contributed by atoms with E-state index in [1.54, 1.807) is 4.40 Å². The topological polar surface area (TPSA) is 51.4 Å². The molecule has 2 rings (SSSR count). The Balaban J connectivity index is 2.82. The van der Waals surface area contributed by atoms with E-state index in [2.05, 4.69) is 4.98 Å². The van der Waals surface area contributed by atoms with E-state index in [-0.39, 0.29) is 5.78 Å². The van der Waals surface area contributed by atoms with Crippen molar-refractivity contribution in [1.29, 1.82) is 0 Å². The van der Waals surface area contributed by atoms with Gasteiger partial charge >= 0.3 is 0 Å². The second kappa shape index (κ2) is 3.02. The van der Waals surface area contributed by atoms with E-state index >= 15 is 0 Å². The van der Waals surface area contributed by atoms with E-state index < -0.39 is 0 Å². The second-order valence-corrected chi connectivity index (χ2v) is 3.97. The lowest BCUT2D eigenvalue weighted by Crippen LogP contribution is -1.96. The van der Waals surface area contributed by atoms with Gasteiger partial charge in [0.25, 0.3) is 0 Å². The van der Waals surface area contributed by atoms with Gasteiger partial charge in [-0.2, -0.15) is 0 Å². The van der Waals surface area contributed by atoms with Crippen LogP contribution in [0.1, 0.15) is 32.8 Å². The number of hydrogen-bond acceptors (Lipinski definition) is 4. The Morgan fingerprint density at radius 1 is 1.64 bits per heavy atom. The number of rotatable bonds is 2. The molecule has 0 unspecified atom stereocenters. The predicted octanol–water partition coefficient (Wildman–Crippen LogP) is 1.72. The molecule has 5 heteroatoms. The highest BCUT2D eigenvalue weighted by molar-refractivity contribution is 7.19. The van der Waals surface area contributed by atoms with E-state index in [0.717, 1.165) is 12.0 Å². The Kier molecular flexibility index (Phi) is 1.96. The van der Waals surface area contributed by atoms with Crippen molar-refractivity contribution in [2.75, 3.05) is 0 Å². The minimum atomic E-state index is 0.00912. The molecule has 0 saturated carbocycles. The fraction of sp³-hybridized carbons (Fsp3) is 0.222. The van der Waals surface area contributed by atoms with Gasteiger partial charge in [-0.1, -0.05) is 11.3 Å². The molecule has 0 aromatic carbocycles. The molecule has 0 radical (unpaired) electrons. The lowest BCUT2D eigenvalue weighted by Gasteiger charge is -1.93. The number of imidazole rings is 1. The Labute approximate surface area is 84.2 Å². The maximum absolute atomic E-state index is 11.2. The Bertz CT molecular complexity index is 524. The Morgan fingerprint density at radius 2 is 2.36 bits per heavy atom. The van der Waals surface area contributed by atoms with Crippen molar-refractivity contribution in [3.8, 4) is 0 Å². The maximum Gasteiger partial charge on any atom is 0.195 e. The van der Waals surface area contributed by atoms with Gasteiger partial charge in [-0.05, 0) is 6.92 Å². The highest BCUT2D eigenvalue weighted by Crippen LogP contribution is 2.23. The van der Waals surface area contributed by atoms with E-state index in [9.17, 15) is 9.59 Å². The monoisotopic (exact) mass is 208 g/mol. The zero-order valence-electron chi connectivity index (χ0n) is 7.77. The first-order valence-electron chi connectivity index (χ1n) is 4.08. The van der Waals surface area contributed by atoms with Gasteiger partial charge in [0, 0.05) is 12.6 Å². The summed E-state index contributed by atoms with van der Waals surface area (Å²) in [5.74, 6) is 0.00912. The van der Waals surface area contributed by atoms with Gasteiger partial charge in [-0.25, -0.2) is 4.98 Å². The summed E-state index contributed by atoms with van der Waals surface area (Å²) in [5, 5.41) is 0. The summed E-state index contributed by atoms with van der Waals surface area (Å²) < 4.78 is 1.70. The number of Topliss-reactive ketones (excluding diaryl/α,β-unsaturated/α-hetero) is 1. The summed E-state index contributed by atoms with van der Waals surface area (Å²) in [5.41, 5.74) is 1.28. The van der Waals surface area contributed by atoms with Crippen LogP contribution in [0.2, 0.25) is 0 Å². The smallest absolute Gasteiger partial charge is 0.195 e. The van der Waals surface area contributed by atoms with Gasteiger partial charge in [0.1, 0.15) is 5.69 Å². The van der Waals surface area contributed by atoms with E-state index in [1.165, 1.54) is 24.5 Å². The molecule has 0 spiro atoms. The number of hydrogen-bond donors (Lipinski definition) is 0. The number of aromatic nitrogens is 2. The molecule has 0 aliphatic rings. The number of aryl methyl sites for hydroxylation is 1. The van der Waals surface area contributed by atoms with Gasteiger partial charge in [-0.15, -0.1) is 0 Å². The molecule has 0 amide bonds. The maximum atomic E-state index is 11.2. The number of carbonyl (C=O) groups excluding carboxylic acids is 2. The standard InChI is InChI=1S/C9H8N2O2S/c1-5-8(6(2)13)14-9-10-3-7(4-12)11(5)9/h3-4H,1-2H3. The number of ketones is 1. The van der Waals surface area contributed by atoms with Crippen molar-refractivity contribution >= 4 is 28.4 Å². The minimum Gasteiger partial charge on any atom is -0.296 e. The van der Waals surface area contributed by atoms with E-state index in [4.69, 9.17) is 0 Å². The molecular weight excluding hydrogens is 200 g/mol. The average Bonchev–Trinajstić information content (AvgIpc) is 2.66. The van der Waals surface area contributed by atoms with Crippen molar-refractivity contribution in [3.63, 3.8) is 0 Å². The van der Waals surface area contributed by atoms with Gasteiger partial charge in [0.2, 0.25) is 0 Å². The van der Waals surface area contributed by atoms with Crippen LogP contribution in [0, 0.1) is 6.92 Å². The molecule has 0 N–H and O–H groups in total. The highest BCUT2D eigenvalue weighted by Gasteiger charge is 2.15. The lowest BCUT2D eigenvalue weighted by atomic mass is 10.3. The van der Waals surface area contributed by atoms with Gasteiger partial charge in [0.05, 0.1) is 11.1 Å². The SMILES string of the molecule is CC(=O)c1sc2ncc(C=O)n2c1C. The fourth-order valence-corrected chi connectivity index (χ4v) is 2.44. The van der Waals surface area contributed by atoms with Gasteiger partial charge < -0.3 is 0 Å². The summed E-state index contributed by atoms with van der Waals surface area (Å²) >= 11 is 1.31. The molecule has 2 aromatic rings. The van der Waals surface area contributed by atoms with Crippen LogP contribution in [0.15, 0.2) is 6.20 Å². The third kappa shape index (κ3) is 1.09. The summed E-state index contributed by atoms with van der Waals surface area (Å²) in [6.45, 7) is 3.33. The second-order valence-electron chi connectivity index (χ2n) is 2.99. The third-order valence-electron chi connectivity index (χ3n) is 2.05. The number of nitrogens with zero attached hydrogens (tertiary/aromatic N) is 2. The Morgan fingerprint density at radius 3 is 2.93 bits per heavy atom. The van der Waals surface area contributed by atoms with Crippen molar-refractivity contribution in [3.05, 3.63) is 22.5 Å². The summed E-state index contributed by atoms with van der Waals surface area (Å²) in [4.78, 5) is 27.3. The van der Waals surface area contributed by atoms with Crippen LogP contribution in [-0.4, -0.2) is 21.5 Å². The lowest BCUT2D eigenvalue weighted by molar-refractivity contribution is 0.101. The molecule has 0 bridgehead atoms. The van der Waals surface area contributed by atoms with E-state index in [0.29, 0.717) is 15.5 Å². The molecule has 0 aliphatic carbocycles. The van der Waals surface area contributed by atoms with Crippen molar-refractivity contribution in [1.82, 2.24) is 9.38 Å². The van der Waals surface area contributed by atoms with Crippen LogP contribution >= 0.6 is 11.3 Å². The molecule has 72 valence electrons. The molecule has 0 aliphatic heterocycles. The zero-order valence-corrected chi connectivity index (χ0v) is 8.59. The van der Waals surface area contributed by atoms with E-state index in [1.807, 2.05) is 6.92 Å². The molecule has 2 heterocycles. The molecule has 14 heavy (non-hydrogen) atoms. The van der Waals surface area contributed by atoms with Crippen LogP contribution in [0.25, 0.3) is 4.96 Å². The largest absolute Gasteiger partial charge is 0.296 e. The number of thiazole rings is 1. The van der Waals surface area contributed by atoms with Crippen LogP contribution in [0.4, 0.5) is 0 Å². The summed E-state index contributed by atoms with van der Waals surface area (Å²) in [7, 11) is 0. The minimum absolute atomic E-state index is 0.00912. The van der Waals surface area contributed by atoms with Gasteiger partial charge in [-0.3, -0.25) is 14.0 Å². The average molecular weight is 208 g/mol. The Hall–Kier alpha value is -1.49. The van der Waals surface area contributed by atoms with Crippen molar-refractivity contribution in [2.45, 2.75) is 13.8 Å². The predicted molar refractivity (Wildman–Crippen MR) is 53.2 cm³/mol. The molecule has 0 atom stereocenters. The van der Waals surface area contributed by atoms with Crippen LogP contribution < -0.4 is 0 Å². The van der Waals surface area contributed by atoms with Crippen molar-refractivity contribution < 1.29 is 9.59 Å². The van der Waals surface area contributed by atoms with Crippen LogP contribution in [-0.2, 0) is 0 Å². The van der Waals surface area contributed by atoms with Crippen LogP contribution in [0.3, 0.4) is 0 Å². The molecule has 2 aromatic heterocycles. The normalized spacial score (nSPS) is 10.7. The van der Waals surface area contributed by atoms with Gasteiger partial charge in [0.15, 0.2) is 17.0 Å². The van der Waals surface area contributed by atoms with Crippen molar-refractivity contribution in [2.24, 2.45) is 0 Å². The molecular formula is C9H8N2O2S. The molecule has 0 fully saturated rings.